The largest absolute Gasteiger partial charge is 0.490 e. The number of rotatable bonds is 12. The number of aliphatic hydroxyl groups is 1. The Morgan fingerprint density at radius 3 is 2.93 bits per heavy atom. The van der Waals surface area contributed by atoms with Crippen molar-refractivity contribution in [2.45, 2.75) is 24.7 Å². The highest BCUT2D eigenvalue weighted by molar-refractivity contribution is 7.66. The van der Waals surface area contributed by atoms with E-state index >= 15 is 0 Å². The van der Waals surface area contributed by atoms with E-state index in [9.17, 15) is 23.4 Å². The summed E-state index contributed by atoms with van der Waals surface area (Å²) in [6.45, 7) is -4.58. The molecule has 2 rings (SSSR count). The van der Waals surface area contributed by atoms with Crippen LogP contribution in [0.15, 0.2) is 17.0 Å². The maximum absolute atomic E-state index is 12.7. The first-order valence-corrected chi connectivity index (χ1v) is 10.5. The van der Waals surface area contributed by atoms with Gasteiger partial charge in [-0.15, -0.1) is 0 Å². The van der Waals surface area contributed by atoms with Crippen LogP contribution in [-0.4, -0.2) is 57.3 Å². The molecule has 0 aliphatic carbocycles. The molecule has 1 saturated heterocycles. The maximum atomic E-state index is 12.7. The molecule has 4 unspecified atom stereocenters. The Morgan fingerprint density at radius 1 is 1.50 bits per heavy atom. The highest BCUT2D eigenvalue weighted by Crippen LogP contribution is 2.66. The molecule has 1 aromatic heterocycles. The Kier molecular flexibility index (Phi) is 3.11. The van der Waals surface area contributed by atoms with Gasteiger partial charge in [-0.25, -0.2) is 18.5 Å². The smallest absolute Gasteiger partial charge is 0.390 e. The average Bonchev–Trinajstić information content (AvgIpc) is 2.95. The Balaban J connectivity index is 2.74. The molecule has 0 bridgehead atoms. The van der Waals surface area contributed by atoms with Crippen molar-refractivity contribution in [3.63, 3.8) is 0 Å². The first kappa shape index (κ1) is 10.4. The zero-order valence-corrected chi connectivity index (χ0v) is 15.3. The molecule has 1 aliphatic rings. The van der Waals surface area contributed by atoms with Crippen LogP contribution in [0.1, 0.15) is 24.9 Å². The Labute approximate surface area is 176 Å². The Bertz CT molecular complexity index is 1440. The highest BCUT2D eigenvalue weighted by Gasteiger charge is 2.42. The summed E-state index contributed by atoms with van der Waals surface area (Å²) in [6.07, 6.45) is -18.6. The highest BCUT2D eigenvalue weighted by atomic mass is 31.3. The average molecular weight is 481 g/mol. The van der Waals surface area contributed by atoms with Crippen molar-refractivity contribution in [3.8, 4) is 0 Å². The summed E-state index contributed by atoms with van der Waals surface area (Å²) >= 11 is 0. The fraction of sp³-hybridized carbons (Fsp3) is 0.556. The summed E-state index contributed by atoms with van der Waals surface area (Å²) in [7, 11) is -18.4. The molecular weight excluding hydrogens is 451 g/mol. The number of ether oxygens (including phenoxy) is 1. The fourth-order valence-electron chi connectivity index (χ4n) is 1.34. The summed E-state index contributed by atoms with van der Waals surface area (Å²) in [4.78, 5) is 40.6. The van der Waals surface area contributed by atoms with E-state index in [4.69, 9.17) is 29.1 Å². The second-order valence-corrected chi connectivity index (χ2v) is 8.48. The molecule has 28 heavy (non-hydrogen) atoms. The van der Waals surface area contributed by atoms with Gasteiger partial charge in [0, 0.05) is 15.3 Å². The Hall–Kier alpha value is -0.990. The normalized spacial score (nSPS) is 46.1. The number of hydrogen-bond acceptors (Lipinski definition) is 13. The van der Waals surface area contributed by atoms with Crippen LogP contribution in [0.5, 0.6) is 0 Å². The second kappa shape index (κ2) is 8.40. The van der Waals surface area contributed by atoms with Gasteiger partial charge < -0.3 is 35.1 Å². The molecule has 1 aliphatic heterocycles. The minimum atomic E-state index is -6.38. The van der Waals surface area contributed by atoms with E-state index in [2.05, 4.69) is 33.0 Å². The third-order valence-corrected chi connectivity index (χ3v) is 5.75. The van der Waals surface area contributed by atoms with E-state index in [1.807, 2.05) is 0 Å². The van der Waals surface area contributed by atoms with Gasteiger partial charge in [-0.1, -0.05) is 0 Å². The summed E-state index contributed by atoms with van der Waals surface area (Å²) in [5.41, 5.74) is -2.39. The topological polar surface area (TPSA) is 250 Å². The van der Waals surface area contributed by atoms with E-state index in [-0.39, 0.29) is 0 Å². The van der Waals surface area contributed by atoms with Crippen LogP contribution >= 0.6 is 23.5 Å². The van der Waals surface area contributed by atoms with Gasteiger partial charge in [0.25, 0.3) is 0 Å². The summed E-state index contributed by atoms with van der Waals surface area (Å²) in [5.74, 6) is -1.14. The minimum Gasteiger partial charge on any atom is -0.390 e. The zero-order chi connectivity index (χ0) is 33.1. The molecule has 19 heteroatoms. The lowest BCUT2D eigenvalue weighted by Gasteiger charge is -2.19. The lowest BCUT2D eigenvalue weighted by atomic mass is 10.2. The molecule has 160 valence electrons. The van der Waals surface area contributed by atoms with Crippen molar-refractivity contribution in [2.75, 3.05) is 12.3 Å². The van der Waals surface area contributed by atoms with Crippen molar-refractivity contribution >= 4 is 29.3 Å². The van der Waals surface area contributed by atoms with Gasteiger partial charge in [0.1, 0.15) is 18.1 Å². The van der Waals surface area contributed by atoms with Crippen LogP contribution < -0.4 is 11.4 Å². The number of hydrogen-bond donors (Lipinski definition) is 6. The first-order valence-electron chi connectivity index (χ1n) is 12.7. The predicted octanol–water partition coefficient (Wildman–Crippen LogP) is -1.18. The summed E-state index contributed by atoms with van der Waals surface area (Å²) in [5, 5.41) is 3.86. The number of anilines is 1. The molecule has 0 spiro atoms. The van der Waals surface area contributed by atoms with Gasteiger partial charge in [0.15, 0.2) is 2.82 Å². The van der Waals surface area contributed by atoms with Crippen LogP contribution in [0.2, 0.25) is 2.82 Å². The van der Waals surface area contributed by atoms with Crippen molar-refractivity contribution in [1.29, 1.82) is 4.29 Å². The van der Waals surface area contributed by atoms with E-state index in [0.29, 0.717) is 0 Å². The van der Waals surface area contributed by atoms with Crippen LogP contribution in [0, 0.1) is 0 Å². The van der Waals surface area contributed by atoms with Gasteiger partial charge in [-0.05, 0) is 6.04 Å². The molecule has 2 heterocycles. The van der Waals surface area contributed by atoms with E-state index in [1.54, 1.807) is 0 Å². The van der Waals surface area contributed by atoms with Gasteiger partial charge in [-0.3, -0.25) is 9.09 Å². The lowest BCUT2D eigenvalue weighted by molar-refractivity contribution is -0.0449. The molecule has 1 fully saturated rings. The molecule has 7 N–H and O–H groups in total. The van der Waals surface area contributed by atoms with Crippen LogP contribution in [0.3, 0.4) is 0 Å². The minimum absolute atomic E-state index is 0.427. The van der Waals surface area contributed by atoms with Crippen molar-refractivity contribution in [3.05, 3.63) is 22.7 Å². The van der Waals surface area contributed by atoms with Gasteiger partial charge >= 0.3 is 29.2 Å². The molecule has 16 nitrogen and oxygen atoms in total. The third kappa shape index (κ3) is 6.81. The number of nitrogen functional groups attached to an aromatic ring is 1. The number of aromatic nitrogens is 2. The van der Waals surface area contributed by atoms with Crippen molar-refractivity contribution < 1.29 is 71.4 Å². The van der Waals surface area contributed by atoms with Gasteiger partial charge in [0.2, 0.25) is 4.29 Å². The summed E-state index contributed by atoms with van der Waals surface area (Å²) in [6, 6.07) is -1.31. The second-order valence-electron chi connectivity index (χ2n) is 4.22. The Morgan fingerprint density at radius 2 is 2.29 bits per heavy atom. The number of phosphoric acid groups is 3. The lowest BCUT2D eigenvalue weighted by Crippen LogP contribution is -2.28. The van der Waals surface area contributed by atoms with Crippen LogP contribution in [0.25, 0.3) is 0 Å². The zero-order valence-electron chi connectivity index (χ0n) is 26.6. The van der Waals surface area contributed by atoms with Crippen LogP contribution in [-0.2, 0) is 31.6 Å². The molecule has 6 atom stereocenters. The number of phosphoric ester groups is 1. The number of nitrogens with zero attached hydrogens (tertiary/aromatic N) is 2. The predicted molar refractivity (Wildman–Crippen MR) is 87.3 cm³/mol. The SMILES string of the molecule is [2H]OC1([2H])C([2H])([2H])[C@]([2H])(n2c([2H])c([2H])c(N([2H])[2H])nc2=O)O[C@]1([2H])C([2H])([2H])OP(=O)(O[2H])OP(=O)(O)OP(=O)(O)O[2H]. The van der Waals surface area contributed by atoms with Crippen LogP contribution in [0.4, 0.5) is 5.82 Å². The molecule has 0 saturated carbocycles. The van der Waals surface area contributed by atoms with E-state index in [0.717, 1.165) is 0 Å². The molecule has 0 radical (unpaired) electrons. The molecule has 1 aromatic rings. The molecule has 0 amide bonds. The van der Waals surface area contributed by atoms with E-state index < -0.39 is 88.8 Å². The van der Waals surface area contributed by atoms with E-state index in [1.165, 1.54) is 0 Å². The molecule has 0 aromatic carbocycles. The number of nitrogens with two attached hydrogens (primary N) is 1. The monoisotopic (exact) mass is 481 g/mol. The maximum Gasteiger partial charge on any atom is 0.490 e. The van der Waals surface area contributed by atoms with Gasteiger partial charge in [-0.2, -0.15) is 13.6 Å². The van der Waals surface area contributed by atoms with Crippen molar-refractivity contribution in [1.82, 2.24) is 9.55 Å². The standard InChI is InChI=1S/C9H16N3O13P3/c10-7-1-2-12(9(14)11-7)8-3-5(13)6(23-8)4-22-27(18,19)25-28(20,21)24-26(15,16)17/h1-2,5-6,8,13H,3-4H2,(H,18,19)(H,20,21)(H2,10,11,14)(H2,15,16,17)/t5?,6-,8-/m1/s1/i1D,2D,3D2,4D2,5D,6D,8D,13D/hD4. The molecular formula is C9H16N3O13P3. The third-order valence-electron chi connectivity index (χ3n) is 2.16. The quantitative estimate of drug-likeness (QED) is 0.192. The fourth-order valence-corrected chi connectivity index (χ4v) is 4.11. The van der Waals surface area contributed by atoms with Crippen molar-refractivity contribution in [2.24, 2.45) is 0 Å². The summed E-state index contributed by atoms with van der Waals surface area (Å²) < 4.78 is 159. The van der Waals surface area contributed by atoms with Gasteiger partial charge in [0.05, 0.1) is 22.2 Å². The first-order chi connectivity index (χ1) is 18.7.